The summed E-state index contributed by atoms with van der Waals surface area (Å²) in [6, 6.07) is 0. The quantitative estimate of drug-likeness (QED) is 0.482. The van der Waals surface area contributed by atoms with Crippen LogP contribution in [0.1, 0.15) is 25.7 Å². The van der Waals surface area contributed by atoms with E-state index in [0.29, 0.717) is 13.8 Å². The largest absolute Gasteiger partial charge is 0.498 e. The van der Waals surface area contributed by atoms with Crippen molar-refractivity contribution in [2.45, 2.75) is 51.0 Å². The number of hydrogen-bond acceptors (Lipinski definition) is 1. The fraction of sp³-hybridized carbons (Fsp3) is 1.00. The molecule has 60 valence electrons. The molecule has 1 heterocycles. The molecule has 11 heavy (non-hydrogen) atoms. The number of rotatable bonds is 0. The van der Waals surface area contributed by atoms with Crippen LogP contribution in [0, 0.1) is 0 Å². The molecule has 2 unspecified atom stereocenters. The van der Waals surface area contributed by atoms with Crippen molar-refractivity contribution in [2.75, 3.05) is 0 Å². The monoisotopic (exact) mass is 150 g/mol. The van der Waals surface area contributed by atoms with E-state index >= 15 is 0 Å². The van der Waals surface area contributed by atoms with Crippen LogP contribution in [0.2, 0.25) is 25.3 Å². The van der Waals surface area contributed by atoms with E-state index in [1.54, 1.807) is 0 Å². The van der Waals surface area contributed by atoms with Gasteiger partial charge in [-0.05, 0) is 11.6 Å². The van der Waals surface area contributed by atoms with Crippen LogP contribution in [0.5, 0.6) is 0 Å². The fourth-order valence-corrected chi connectivity index (χ4v) is 2.89. The third-order valence-electron chi connectivity index (χ3n) is 3.51. The summed E-state index contributed by atoms with van der Waals surface area (Å²) in [5.74, 6) is 1.78. The zero-order valence-electron chi connectivity index (χ0n) is 7.55. The highest BCUT2D eigenvalue weighted by Gasteiger charge is 2.44. The molecule has 1 saturated carbocycles. The van der Waals surface area contributed by atoms with E-state index in [-0.39, 0.29) is 0 Å². The van der Waals surface area contributed by atoms with Crippen LogP contribution in [-0.2, 0) is 4.57 Å². The predicted molar refractivity (Wildman–Crippen MR) is 50.3 cm³/mol. The summed E-state index contributed by atoms with van der Waals surface area (Å²) in [5.41, 5.74) is 0. The number of hydrogen-bond donors (Lipinski definition) is 0. The molecule has 2 fully saturated rings. The molecule has 1 aliphatic heterocycles. The topological polar surface area (TPSA) is 9.23 Å². The molecule has 1 saturated heterocycles. The van der Waals surface area contributed by atoms with Crippen molar-refractivity contribution in [3.63, 3.8) is 0 Å². The van der Waals surface area contributed by atoms with Gasteiger partial charge in [0.1, 0.15) is 0 Å². The van der Waals surface area contributed by atoms with Crippen molar-refractivity contribution in [3.8, 4) is 0 Å². The standard InChI is InChI=1S/C8H16B2O/c1-9-7-5-3-4-6-8(7)10(2)11-9/h7-8H,3-6H2,1-2H3. The molecular formula is C8H16B2O. The first-order chi connectivity index (χ1) is 5.29. The highest BCUT2D eigenvalue weighted by Crippen LogP contribution is 2.48. The smallest absolute Gasteiger partial charge is 0.275 e. The minimum absolute atomic E-state index is 0.537. The van der Waals surface area contributed by atoms with Gasteiger partial charge >= 0.3 is 0 Å². The van der Waals surface area contributed by atoms with Gasteiger partial charge in [0.2, 0.25) is 0 Å². The Morgan fingerprint density at radius 3 is 1.91 bits per heavy atom. The summed E-state index contributed by atoms with van der Waals surface area (Å²) in [7, 11) is 0. The lowest BCUT2D eigenvalue weighted by Gasteiger charge is -2.25. The highest BCUT2D eigenvalue weighted by atomic mass is 16.4. The van der Waals surface area contributed by atoms with Gasteiger partial charge in [-0.3, -0.25) is 0 Å². The normalized spacial score (nSPS) is 37.6. The van der Waals surface area contributed by atoms with Crippen LogP contribution in [0.25, 0.3) is 0 Å². The third kappa shape index (κ3) is 1.24. The molecule has 0 amide bonds. The van der Waals surface area contributed by atoms with Crippen LogP contribution in [-0.4, -0.2) is 13.8 Å². The van der Waals surface area contributed by atoms with E-state index in [9.17, 15) is 0 Å². The van der Waals surface area contributed by atoms with Gasteiger partial charge in [0.05, 0.1) is 0 Å². The molecule has 1 aliphatic carbocycles. The second-order valence-corrected chi connectivity index (χ2v) is 4.16. The molecule has 0 spiro atoms. The van der Waals surface area contributed by atoms with Crippen LogP contribution in [0.3, 0.4) is 0 Å². The Balaban J connectivity index is 2.07. The molecule has 1 nitrogen and oxygen atoms in total. The average Bonchev–Trinajstić information content (AvgIpc) is 2.30. The van der Waals surface area contributed by atoms with E-state index in [0.717, 1.165) is 11.6 Å². The third-order valence-corrected chi connectivity index (χ3v) is 3.51. The Labute approximate surface area is 70.1 Å². The molecule has 0 aromatic heterocycles. The second kappa shape index (κ2) is 2.85. The van der Waals surface area contributed by atoms with Crippen molar-refractivity contribution in [3.05, 3.63) is 0 Å². The molecular weight excluding hydrogens is 134 g/mol. The van der Waals surface area contributed by atoms with Gasteiger partial charge < -0.3 is 4.57 Å². The zero-order chi connectivity index (χ0) is 7.84. The van der Waals surface area contributed by atoms with Crippen molar-refractivity contribution < 1.29 is 4.57 Å². The summed E-state index contributed by atoms with van der Waals surface area (Å²) in [6.45, 7) is 5.56. The zero-order valence-corrected chi connectivity index (χ0v) is 7.55. The van der Waals surface area contributed by atoms with Crippen LogP contribution in [0.4, 0.5) is 0 Å². The first kappa shape index (κ1) is 7.72. The summed E-state index contributed by atoms with van der Waals surface area (Å²) in [6.07, 6.45) is 5.69. The van der Waals surface area contributed by atoms with Gasteiger partial charge in [0.25, 0.3) is 13.8 Å². The molecule has 0 aromatic rings. The molecule has 0 radical (unpaired) electrons. The van der Waals surface area contributed by atoms with E-state index in [1.807, 2.05) is 0 Å². The van der Waals surface area contributed by atoms with Crippen LogP contribution in [0.15, 0.2) is 0 Å². The SMILES string of the molecule is CB1OB(C)C2CCCCC12. The minimum Gasteiger partial charge on any atom is -0.498 e. The summed E-state index contributed by atoms with van der Waals surface area (Å²) in [5, 5.41) is 0. The van der Waals surface area contributed by atoms with Crippen LogP contribution < -0.4 is 0 Å². The van der Waals surface area contributed by atoms with Gasteiger partial charge in [-0.1, -0.05) is 39.3 Å². The highest BCUT2D eigenvalue weighted by molar-refractivity contribution is 6.72. The van der Waals surface area contributed by atoms with Crippen molar-refractivity contribution in [2.24, 2.45) is 0 Å². The summed E-state index contributed by atoms with van der Waals surface area (Å²) in [4.78, 5) is 0. The molecule has 2 aliphatic rings. The first-order valence-corrected chi connectivity index (χ1v) is 4.94. The predicted octanol–water partition coefficient (Wildman–Crippen LogP) is 2.57. The maximum absolute atomic E-state index is 5.81. The molecule has 0 bridgehead atoms. The molecule has 2 atom stereocenters. The van der Waals surface area contributed by atoms with Gasteiger partial charge in [-0.15, -0.1) is 0 Å². The van der Waals surface area contributed by atoms with Gasteiger partial charge in [0, 0.05) is 0 Å². The van der Waals surface area contributed by atoms with E-state index in [1.165, 1.54) is 25.7 Å². The molecule has 0 N–H and O–H groups in total. The molecule has 3 heteroatoms. The minimum atomic E-state index is 0.537. The van der Waals surface area contributed by atoms with Crippen molar-refractivity contribution in [1.29, 1.82) is 0 Å². The Bertz CT molecular complexity index is 135. The lowest BCUT2D eigenvalue weighted by Crippen LogP contribution is -2.16. The lowest BCUT2D eigenvalue weighted by molar-refractivity contribution is 0.498. The van der Waals surface area contributed by atoms with Gasteiger partial charge in [-0.25, -0.2) is 0 Å². The van der Waals surface area contributed by atoms with Crippen molar-refractivity contribution in [1.82, 2.24) is 0 Å². The average molecular weight is 150 g/mol. The van der Waals surface area contributed by atoms with Gasteiger partial charge in [-0.2, -0.15) is 0 Å². The Hall–Kier alpha value is 0.0899. The van der Waals surface area contributed by atoms with E-state index < -0.39 is 0 Å². The maximum Gasteiger partial charge on any atom is 0.275 e. The van der Waals surface area contributed by atoms with Crippen LogP contribution >= 0.6 is 0 Å². The Kier molecular flexibility index (Phi) is 2.00. The Morgan fingerprint density at radius 1 is 1.00 bits per heavy atom. The fourth-order valence-electron chi connectivity index (χ4n) is 2.89. The maximum atomic E-state index is 5.81. The second-order valence-electron chi connectivity index (χ2n) is 4.16. The summed E-state index contributed by atoms with van der Waals surface area (Å²) >= 11 is 0. The number of fused-ring (bicyclic) bond motifs is 1. The van der Waals surface area contributed by atoms with E-state index in [4.69, 9.17) is 4.57 Å². The van der Waals surface area contributed by atoms with Gasteiger partial charge in [0.15, 0.2) is 0 Å². The molecule has 0 aromatic carbocycles. The first-order valence-electron chi connectivity index (χ1n) is 4.94. The molecule has 2 rings (SSSR count). The summed E-state index contributed by atoms with van der Waals surface area (Å²) < 4.78 is 5.81. The van der Waals surface area contributed by atoms with E-state index in [2.05, 4.69) is 13.6 Å². The Morgan fingerprint density at radius 2 is 1.45 bits per heavy atom. The lowest BCUT2D eigenvalue weighted by atomic mass is 9.46. The van der Waals surface area contributed by atoms with Crippen molar-refractivity contribution >= 4 is 13.8 Å².